The smallest absolute Gasteiger partial charge is 0.332 e. The maximum Gasteiger partial charge on any atom is 0.332 e. The van der Waals surface area contributed by atoms with Crippen LogP contribution in [0.25, 0.3) is 0 Å². The lowest BCUT2D eigenvalue weighted by molar-refractivity contribution is -0.150. The molecule has 66 valence electrons. The molecule has 0 saturated carbocycles. The van der Waals surface area contributed by atoms with Gasteiger partial charge in [0.15, 0.2) is 6.10 Å². The summed E-state index contributed by atoms with van der Waals surface area (Å²) in [5.41, 5.74) is 0. The largest absolute Gasteiger partial charge is 0.479 e. The van der Waals surface area contributed by atoms with Gasteiger partial charge in [-0.2, -0.15) is 0 Å². The fraction of sp³-hybridized carbons (Fsp3) is 0.875. The second kappa shape index (κ2) is 4.34. The van der Waals surface area contributed by atoms with Crippen LogP contribution in [0.3, 0.4) is 0 Å². The van der Waals surface area contributed by atoms with Gasteiger partial charge in [-0.05, 0) is 11.8 Å². The van der Waals surface area contributed by atoms with E-state index in [9.17, 15) is 4.79 Å². The van der Waals surface area contributed by atoms with Gasteiger partial charge in [0.1, 0.15) is 0 Å². The summed E-state index contributed by atoms with van der Waals surface area (Å²) in [4.78, 5) is 10.3. The first kappa shape index (κ1) is 10.4. The number of carboxylic acids is 1. The molecular weight excluding hydrogens is 144 g/mol. The molecule has 0 spiro atoms. The number of aliphatic hydroxyl groups is 1. The quantitative estimate of drug-likeness (QED) is 0.647. The topological polar surface area (TPSA) is 57.5 Å². The van der Waals surface area contributed by atoms with E-state index in [0.717, 1.165) is 6.42 Å². The van der Waals surface area contributed by atoms with Gasteiger partial charge in [-0.1, -0.05) is 27.2 Å². The maximum absolute atomic E-state index is 10.3. The lowest BCUT2D eigenvalue weighted by Crippen LogP contribution is -2.31. The predicted octanol–water partition coefficient (Wildman–Crippen LogP) is 1.11. The highest BCUT2D eigenvalue weighted by Crippen LogP contribution is 2.18. The molecule has 0 aromatic rings. The van der Waals surface area contributed by atoms with Crippen molar-refractivity contribution in [3.05, 3.63) is 0 Å². The summed E-state index contributed by atoms with van der Waals surface area (Å²) in [5, 5.41) is 17.5. The summed E-state index contributed by atoms with van der Waals surface area (Å²) in [6, 6.07) is 0. The minimum absolute atomic E-state index is 0.169. The van der Waals surface area contributed by atoms with E-state index in [4.69, 9.17) is 10.2 Å². The Bertz CT molecular complexity index is 133. The molecule has 0 saturated heterocycles. The number of rotatable bonds is 4. The Morgan fingerprint density at radius 1 is 1.45 bits per heavy atom. The van der Waals surface area contributed by atoms with Crippen LogP contribution in [-0.4, -0.2) is 22.3 Å². The first-order chi connectivity index (χ1) is 5.00. The molecule has 0 aromatic carbocycles. The monoisotopic (exact) mass is 160 g/mol. The standard InChI is InChI=1S/C8H16O3/c1-4-5(2)6(3)7(9)8(10)11/h5-7,9H,4H2,1-3H3,(H,10,11)/t5-,6+,7+/m1/s1. The number of aliphatic hydroxyl groups excluding tert-OH is 1. The zero-order chi connectivity index (χ0) is 9.02. The number of hydrogen-bond donors (Lipinski definition) is 2. The molecule has 11 heavy (non-hydrogen) atoms. The first-order valence-electron chi connectivity index (χ1n) is 3.91. The highest BCUT2D eigenvalue weighted by molar-refractivity contribution is 5.72. The van der Waals surface area contributed by atoms with Crippen molar-refractivity contribution in [3.8, 4) is 0 Å². The van der Waals surface area contributed by atoms with Crippen LogP contribution in [0.4, 0.5) is 0 Å². The van der Waals surface area contributed by atoms with Crippen LogP contribution < -0.4 is 0 Å². The Balaban J connectivity index is 4.00. The molecule has 0 bridgehead atoms. The Morgan fingerprint density at radius 2 is 1.91 bits per heavy atom. The zero-order valence-corrected chi connectivity index (χ0v) is 7.24. The highest BCUT2D eigenvalue weighted by atomic mass is 16.4. The van der Waals surface area contributed by atoms with E-state index in [0.29, 0.717) is 0 Å². The SMILES string of the molecule is CC[C@@H](C)[C@H](C)[C@H](O)C(=O)O. The fourth-order valence-corrected chi connectivity index (χ4v) is 0.908. The molecule has 0 heterocycles. The van der Waals surface area contributed by atoms with E-state index >= 15 is 0 Å². The molecule has 0 unspecified atom stereocenters. The van der Waals surface area contributed by atoms with Gasteiger partial charge >= 0.3 is 5.97 Å². The van der Waals surface area contributed by atoms with Gasteiger partial charge in [0.2, 0.25) is 0 Å². The molecule has 0 radical (unpaired) electrons. The van der Waals surface area contributed by atoms with Gasteiger partial charge in [-0.25, -0.2) is 4.79 Å². The first-order valence-corrected chi connectivity index (χ1v) is 3.91. The predicted molar refractivity (Wildman–Crippen MR) is 42.3 cm³/mol. The average Bonchev–Trinajstić information content (AvgIpc) is 2.00. The molecule has 3 heteroatoms. The molecule has 3 atom stereocenters. The highest BCUT2D eigenvalue weighted by Gasteiger charge is 2.25. The van der Waals surface area contributed by atoms with E-state index < -0.39 is 12.1 Å². The van der Waals surface area contributed by atoms with Crippen LogP contribution >= 0.6 is 0 Å². The number of hydrogen-bond acceptors (Lipinski definition) is 2. The number of carboxylic acid groups (broad SMARTS) is 1. The van der Waals surface area contributed by atoms with E-state index in [1.807, 2.05) is 13.8 Å². The van der Waals surface area contributed by atoms with Crippen molar-refractivity contribution in [2.75, 3.05) is 0 Å². The Hall–Kier alpha value is -0.570. The summed E-state index contributed by atoms with van der Waals surface area (Å²) in [6.45, 7) is 5.68. The van der Waals surface area contributed by atoms with Gasteiger partial charge in [0, 0.05) is 0 Å². The Labute approximate surface area is 67.0 Å². The molecule has 0 aliphatic carbocycles. The molecular formula is C8H16O3. The van der Waals surface area contributed by atoms with Gasteiger partial charge < -0.3 is 10.2 Å². The van der Waals surface area contributed by atoms with Crippen molar-refractivity contribution in [2.24, 2.45) is 11.8 Å². The summed E-state index contributed by atoms with van der Waals surface area (Å²) < 4.78 is 0. The van der Waals surface area contributed by atoms with Crippen LogP contribution in [0.5, 0.6) is 0 Å². The van der Waals surface area contributed by atoms with Crippen LogP contribution in [0, 0.1) is 11.8 Å². The fourth-order valence-electron chi connectivity index (χ4n) is 0.908. The van der Waals surface area contributed by atoms with Crippen molar-refractivity contribution < 1.29 is 15.0 Å². The van der Waals surface area contributed by atoms with Crippen LogP contribution in [0.15, 0.2) is 0 Å². The molecule has 3 nitrogen and oxygen atoms in total. The zero-order valence-electron chi connectivity index (χ0n) is 7.24. The van der Waals surface area contributed by atoms with Crippen molar-refractivity contribution in [1.82, 2.24) is 0 Å². The third kappa shape index (κ3) is 2.89. The summed E-state index contributed by atoms with van der Waals surface area (Å²) in [7, 11) is 0. The van der Waals surface area contributed by atoms with Crippen molar-refractivity contribution in [3.63, 3.8) is 0 Å². The lowest BCUT2D eigenvalue weighted by atomic mass is 9.89. The third-order valence-electron chi connectivity index (χ3n) is 2.29. The minimum Gasteiger partial charge on any atom is -0.479 e. The molecule has 0 fully saturated rings. The summed E-state index contributed by atoms with van der Waals surface area (Å²) in [6.07, 6.45) is -0.323. The number of carbonyl (C=O) groups is 1. The van der Waals surface area contributed by atoms with Crippen molar-refractivity contribution in [2.45, 2.75) is 33.3 Å². The molecule has 0 aliphatic rings. The van der Waals surface area contributed by atoms with Crippen LogP contribution in [0.2, 0.25) is 0 Å². The second-order valence-electron chi connectivity index (χ2n) is 3.03. The lowest BCUT2D eigenvalue weighted by Gasteiger charge is -2.20. The van der Waals surface area contributed by atoms with E-state index in [2.05, 4.69) is 0 Å². The third-order valence-corrected chi connectivity index (χ3v) is 2.29. The van der Waals surface area contributed by atoms with Crippen LogP contribution in [0.1, 0.15) is 27.2 Å². The molecule has 2 N–H and O–H groups in total. The molecule has 0 amide bonds. The second-order valence-corrected chi connectivity index (χ2v) is 3.03. The van der Waals surface area contributed by atoms with Gasteiger partial charge in [-0.15, -0.1) is 0 Å². The van der Waals surface area contributed by atoms with Crippen molar-refractivity contribution >= 4 is 5.97 Å². The molecule has 0 rings (SSSR count). The van der Waals surface area contributed by atoms with Crippen molar-refractivity contribution in [1.29, 1.82) is 0 Å². The molecule has 0 aromatic heterocycles. The van der Waals surface area contributed by atoms with Crippen LogP contribution in [-0.2, 0) is 4.79 Å². The maximum atomic E-state index is 10.3. The van der Waals surface area contributed by atoms with E-state index in [1.165, 1.54) is 0 Å². The minimum atomic E-state index is -1.22. The summed E-state index contributed by atoms with van der Waals surface area (Å²) >= 11 is 0. The van der Waals surface area contributed by atoms with Gasteiger partial charge in [0.25, 0.3) is 0 Å². The van der Waals surface area contributed by atoms with E-state index in [1.54, 1.807) is 6.92 Å². The number of aliphatic carboxylic acids is 1. The molecule has 0 aliphatic heterocycles. The van der Waals surface area contributed by atoms with E-state index in [-0.39, 0.29) is 11.8 Å². The van der Waals surface area contributed by atoms with Gasteiger partial charge in [0.05, 0.1) is 0 Å². The average molecular weight is 160 g/mol. The normalized spacial score (nSPS) is 18.9. The van der Waals surface area contributed by atoms with Gasteiger partial charge in [-0.3, -0.25) is 0 Å². The Kier molecular flexibility index (Phi) is 4.11. The summed E-state index contributed by atoms with van der Waals surface area (Å²) in [5.74, 6) is -1.04. The Morgan fingerprint density at radius 3 is 2.18 bits per heavy atom.